The molecule has 3 rings (SSSR count). The number of para-hydroxylation sites is 1. The van der Waals surface area contributed by atoms with Crippen molar-refractivity contribution in [3.63, 3.8) is 0 Å². The fourth-order valence-corrected chi connectivity index (χ4v) is 2.50. The van der Waals surface area contributed by atoms with E-state index in [0.29, 0.717) is 0 Å². The second-order valence-electron chi connectivity index (χ2n) is 5.02. The van der Waals surface area contributed by atoms with Crippen LogP contribution in [0.3, 0.4) is 0 Å². The lowest BCUT2D eigenvalue weighted by atomic mass is 10.0. The van der Waals surface area contributed by atoms with Crippen LogP contribution in [0.25, 0.3) is 5.69 Å². The molecular formula is C21H27N3O. The van der Waals surface area contributed by atoms with Crippen molar-refractivity contribution in [3.8, 4) is 5.69 Å². The first-order chi connectivity index (χ1) is 12.4. The van der Waals surface area contributed by atoms with E-state index in [9.17, 15) is 0 Å². The molecule has 25 heavy (non-hydrogen) atoms. The van der Waals surface area contributed by atoms with Gasteiger partial charge in [-0.25, -0.2) is 4.68 Å². The molecule has 0 saturated heterocycles. The zero-order valence-electron chi connectivity index (χ0n) is 15.0. The third-order valence-electron chi connectivity index (χ3n) is 3.67. The van der Waals surface area contributed by atoms with Gasteiger partial charge in [-0.2, -0.15) is 5.10 Å². The third kappa shape index (κ3) is 5.94. The molecule has 1 heterocycles. The van der Waals surface area contributed by atoms with Gasteiger partial charge in [0.25, 0.3) is 0 Å². The van der Waals surface area contributed by atoms with Gasteiger partial charge in [0.15, 0.2) is 0 Å². The highest BCUT2D eigenvalue weighted by Crippen LogP contribution is 2.17. The van der Waals surface area contributed by atoms with Crippen molar-refractivity contribution in [3.05, 3.63) is 91.3 Å². The number of benzene rings is 2. The first kappa shape index (κ1) is 20.2. The summed E-state index contributed by atoms with van der Waals surface area (Å²) in [4.78, 5) is 0. The Bertz CT molecular complexity index is 706. The molecule has 2 aromatic carbocycles. The highest BCUT2D eigenvalue weighted by molar-refractivity contribution is 5.50. The maximum absolute atomic E-state index is 7.00. The maximum Gasteiger partial charge on any atom is 0.0645 e. The second kappa shape index (κ2) is 11.6. The van der Waals surface area contributed by atoms with Gasteiger partial charge < -0.3 is 10.4 Å². The van der Waals surface area contributed by atoms with Crippen LogP contribution in [-0.4, -0.2) is 29.0 Å². The third-order valence-corrected chi connectivity index (χ3v) is 3.67. The van der Waals surface area contributed by atoms with E-state index >= 15 is 0 Å². The van der Waals surface area contributed by atoms with E-state index in [-0.39, 0.29) is 0 Å². The predicted molar refractivity (Wildman–Crippen MR) is 106 cm³/mol. The number of hydrogen-bond acceptors (Lipinski definition) is 3. The molecule has 3 aromatic rings. The molecule has 0 radical (unpaired) electrons. The Morgan fingerprint density at radius 2 is 1.64 bits per heavy atom. The van der Waals surface area contributed by atoms with Crippen LogP contribution in [0.15, 0.2) is 80.1 Å². The summed E-state index contributed by atoms with van der Waals surface area (Å²) in [6.45, 7) is 6.00. The van der Waals surface area contributed by atoms with Crippen LogP contribution < -0.4 is 5.32 Å². The molecule has 0 unspecified atom stereocenters. The second-order valence-corrected chi connectivity index (χ2v) is 5.02. The number of aliphatic hydroxyl groups excluding tert-OH is 1. The summed E-state index contributed by atoms with van der Waals surface area (Å²) in [5.41, 5.74) is 5.01. The molecule has 2 N–H and O–H groups in total. The average molecular weight is 337 g/mol. The number of rotatable bonds is 5. The topological polar surface area (TPSA) is 50.1 Å². The van der Waals surface area contributed by atoms with Crippen LogP contribution in [0.5, 0.6) is 0 Å². The summed E-state index contributed by atoms with van der Waals surface area (Å²) in [6.07, 6.45) is 5.83. The summed E-state index contributed by atoms with van der Waals surface area (Å²) in [7, 11) is 2.97. The van der Waals surface area contributed by atoms with E-state index in [1.165, 1.54) is 16.8 Å². The van der Waals surface area contributed by atoms with E-state index in [4.69, 9.17) is 5.11 Å². The average Bonchev–Trinajstić information content (AvgIpc) is 3.25. The molecule has 4 nitrogen and oxygen atoms in total. The molecular weight excluding hydrogens is 310 g/mol. The monoisotopic (exact) mass is 337 g/mol. The minimum absolute atomic E-state index is 1.00. The lowest BCUT2D eigenvalue weighted by molar-refractivity contribution is 0.399. The van der Waals surface area contributed by atoms with Crippen LogP contribution >= 0.6 is 0 Å². The largest absolute Gasteiger partial charge is 0.400 e. The summed E-state index contributed by atoms with van der Waals surface area (Å²) in [5, 5.41) is 14.5. The van der Waals surface area contributed by atoms with Crippen molar-refractivity contribution >= 4 is 5.69 Å². The summed E-state index contributed by atoms with van der Waals surface area (Å²) >= 11 is 0. The summed E-state index contributed by atoms with van der Waals surface area (Å²) in [6, 6.07) is 19.0. The number of aliphatic hydroxyl groups is 1. The van der Waals surface area contributed by atoms with Crippen molar-refractivity contribution in [2.45, 2.75) is 12.8 Å². The zero-order chi connectivity index (χ0) is 18.5. The Hall–Kier alpha value is -2.85. The first-order valence-corrected chi connectivity index (χ1v) is 8.16. The molecule has 0 spiro atoms. The fraction of sp³-hybridized carbons (Fsp3) is 0.190. The summed E-state index contributed by atoms with van der Waals surface area (Å²) < 4.78 is 1.88. The van der Waals surface area contributed by atoms with Gasteiger partial charge >= 0.3 is 0 Å². The maximum atomic E-state index is 7.00. The SMILES string of the molecule is C=C.CNc1ccccc1CCc1ccc(-n2cccn2)cc1.CO. The normalized spacial score (nSPS) is 9.24. The van der Waals surface area contributed by atoms with Crippen LogP contribution in [0, 0.1) is 0 Å². The van der Waals surface area contributed by atoms with E-state index in [2.05, 4.69) is 72.1 Å². The molecule has 0 aliphatic rings. The molecule has 132 valence electrons. The number of nitrogens with zero attached hydrogens (tertiary/aromatic N) is 2. The first-order valence-electron chi connectivity index (χ1n) is 8.16. The van der Waals surface area contributed by atoms with Gasteiger partial charge in [0.1, 0.15) is 0 Å². The Morgan fingerprint density at radius 3 is 2.24 bits per heavy atom. The Balaban J connectivity index is 0.000000730. The van der Waals surface area contributed by atoms with Gasteiger partial charge in [0.2, 0.25) is 0 Å². The van der Waals surface area contributed by atoms with E-state index in [0.717, 1.165) is 25.6 Å². The van der Waals surface area contributed by atoms with Gasteiger partial charge in [0.05, 0.1) is 5.69 Å². The number of anilines is 1. The van der Waals surface area contributed by atoms with E-state index in [1.807, 2.05) is 24.0 Å². The standard InChI is InChI=1S/C18H19N3.C2H4.CH4O/c1-19-18-6-3-2-5-16(18)10-7-15-8-11-17(12-9-15)21-14-4-13-20-21;2*1-2/h2-6,8-9,11-14,19H,7,10H2,1H3;1-2H2;2H,1H3. The van der Waals surface area contributed by atoms with Crippen molar-refractivity contribution in [2.75, 3.05) is 19.5 Å². The quantitative estimate of drug-likeness (QED) is 0.689. The predicted octanol–water partition coefficient (Wildman–Crippen LogP) is 4.11. The number of nitrogens with one attached hydrogen (secondary N) is 1. The van der Waals surface area contributed by atoms with Gasteiger partial charge in [-0.3, -0.25) is 0 Å². The molecule has 0 amide bonds. The lowest BCUT2D eigenvalue weighted by Gasteiger charge is -2.09. The summed E-state index contributed by atoms with van der Waals surface area (Å²) in [5.74, 6) is 0. The molecule has 0 bridgehead atoms. The van der Waals surface area contributed by atoms with Crippen LogP contribution in [0.2, 0.25) is 0 Å². The van der Waals surface area contributed by atoms with Crippen molar-refractivity contribution in [2.24, 2.45) is 0 Å². The number of hydrogen-bond donors (Lipinski definition) is 2. The molecule has 0 saturated carbocycles. The smallest absolute Gasteiger partial charge is 0.0645 e. The molecule has 4 heteroatoms. The molecule has 0 atom stereocenters. The van der Waals surface area contributed by atoms with Crippen molar-refractivity contribution < 1.29 is 5.11 Å². The Morgan fingerprint density at radius 1 is 0.960 bits per heavy atom. The Kier molecular flexibility index (Phi) is 9.41. The highest BCUT2D eigenvalue weighted by Gasteiger charge is 2.01. The van der Waals surface area contributed by atoms with Crippen LogP contribution in [0.4, 0.5) is 5.69 Å². The minimum atomic E-state index is 1.00. The number of aryl methyl sites for hydroxylation is 2. The van der Waals surface area contributed by atoms with Gasteiger partial charge in [0, 0.05) is 32.2 Å². The molecule has 0 aliphatic carbocycles. The fourth-order valence-electron chi connectivity index (χ4n) is 2.50. The van der Waals surface area contributed by atoms with Crippen LogP contribution in [0.1, 0.15) is 11.1 Å². The van der Waals surface area contributed by atoms with Gasteiger partial charge in [-0.15, -0.1) is 13.2 Å². The lowest BCUT2D eigenvalue weighted by Crippen LogP contribution is -1.98. The minimum Gasteiger partial charge on any atom is -0.400 e. The Labute approximate surface area is 150 Å². The molecule has 0 fully saturated rings. The van der Waals surface area contributed by atoms with E-state index < -0.39 is 0 Å². The molecule has 1 aromatic heterocycles. The van der Waals surface area contributed by atoms with Gasteiger partial charge in [-0.05, 0) is 48.2 Å². The van der Waals surface area contributed by atoms with Crippen LogP contribution in [-0.2, 0) is 12.8 Å². The highest BCUT2D eigenvalue weighted by atomic mass is 16.2. The van der Waals surface area contributed by atoms with E-state index in [1.54, 1.807) is 6.20 Å². The molecule has 0 aliphatic heterocycles. The van der Waals surface area contributed by atoms with Gasteiger partial charge in [-0.1, -0.05) is 30.3 Å². The number of aromatic nitrogens is 2. The van der Waals surface area contributed by atoms with Crippen molar-refractivity contribution in [1.29, 1.82) is 0 Å². The van der Waals surface area contributed by atoms with Crippen molar-refractivity contribution in [1.82, 2.24) is 9.78 Å². The zero-order valence-corrected chi connectivity index (χ0v) is 15.0.